The molecular weight excluding hydrogens is 282 g/mol. The summed E-state index contributed by atoms with van der Waals surface area (Å²) in [5.74, 6) is -0.693. The van der Waals surface area contributed by atoms with Crippen molar-refractivity contribution in [3.8, 4) is 0 Å². The first kappa shape index (κ1) is 12.6. The second-order valence-electron chi connectivity index (χ2n) is 4.45. The molecule has 0 aliphatic carbocycles. The molecular formula is C13H16BrNO2. The third-order valence-electron chi connectivity index (χ3n) is 3.20. The van der Waals surface area contributed by atoms with Gasteiger partial charge in [0.25, 0.3) is 0 Å². The molecule has 1 aliphatic heterocycles. The van der Waals surface area contributed by atoms with Crippen LogP contribution in [-0.4, -0.2) is 28.6 Å². The molecule has 0 aromatic heterocycles. The summed E-state index contributed by atoms with van der Waals surface area (Å²) in [5, 5.41) is 9.18. The fourth-order valence-corrected chi connectivity index (χ4v) is 2.55. The van der Waals surface area contributed by atoms with Gasteiger partial charge in [0.15, 0.2) is 0 Å². The van der Waals surface area contributed by atoms with Crippen molar-refractivity contribution in [3.05, 3.63) is 34.3 Å². The molecule has 0 bridgehead atoms. The highest BCUT2D eigenvalue weighted by Crippen LogP contribution is 2.20. The lowest BCUT2D eigenvalue weighted by Gasteiger charge is -2.32. The van der Waals surface area contributed by atoms with E-state index in [1.807, 2.05) is 24.3 Å². The molecule has 1 saturated heterocycles. The average Bonchev–Trinajstić information content (AvgIpc) is 2.32. The van der Waals surface area contributed by atoms with E-state index in [1.54, 1.807) is 0 Å². The Morgan fingerprint density at radius 2 is 2.06 bits per heavy atom. The number of piperidine rings is 1. The van der Waals surface area contributed by atoms with Crippen LogP contribution in [0.5, 0.6) is 0 Å². The van der Waals surface area contributed by atoms with Crippen molar-refractivity contribution >= 4 is 21.9 Å². The summed E-state index contributed by atoms with van der Waals surface area (Å²) in [5.41, 5.74) is 1.17. The van der Waals surface area contributed by atoms with Crippen molar-refractivity contribution in [2.24, 2.45) is 0 Å². The van der Waals surface area contributed by atoms with Crippen LogP contribution in [0.2, 0.25) is 0 Å². The van der Waals surface area contributed by atoms with Gasteiger partial charge in [0.2, 0.25) is 0 Å². The molecule has 0 amide bonds. The first-order valence-electron chi connectivity index (χ1n) is 5.88. The summed E-state index contributed by atoms with van der Waals surface area (Å²) >= 11 is 3.40. The maximum absolute atomic E-state index is 11.2. The summed E-state index contributed by atoms with van der Waals surface area (Å²) in [7, 11) is 0. The zero-order valence-corrected chi connectivity index (χ0v) is 11.2. The van der Waals surface area contributed by atoms with E-state index >= 15 is 0 Å². The van der Waals surface area contributed by atoms with E-state index in [0.717, 1.165) is 36.8 Å². The van der Waals surface area contributed by atoms with Gasteiger partial charge < -0.3 is 5.11 Å². The van der Waals surface area contributed by atoms with Crippen LogP contribution in [0.25, 0.3) is 0 Å². The minimum Gasteiger partial charge on any atom is -0.480 e. The van der Waals surface area contributed by atoms with Gasteiger partial charge in [0, 0.05) is 11.0 Å². The van der Waals surface area contributed by atoms with Crippen LogP contribution in [0.15, 0.2) is 28.7 Å². The Morgan fingerprint density at radius 3 is 2.71 bits per heavy atom. The molecule has 1 aromatic carbocycles. The van der Waals surface area contributed by atoms with Gasteiger partial charge in [0.1, 0.15) is 6.04 Å². The average molecular weight is 298 g/mol. The number of rotatable bonds is 3. The van der Waals surface area contributed by atoms with E-state index in [1.165, 1.54) is 5.56 Å². The summed E-state index contributed by atoms with van der Waals surface area (Å²) in [4.78, 5) is 13.2. The van der Waals surface area contributed by atoms with Crippen molar-refractivity contribution in [1.82, 2.24) is 4.90 Å². The molecule has 0 saturated carbocycles. The predicted octanol–water partition coefficient (Wildman–Crippen LogP) is 2.89. The van der Waals surface area contributed by atoms with Gasteiger partial charge in [-0.25, -0.2) is 0 Å². The third kappa shape index (κ3) is 3.30. The molecule has 2 rings (SSSR count). The molecule has 0 radical (unpaired) electrons. The van der Waals surface area contributed by atoms with E-state index in [0.29, 0.717) is 0 Å². The highest BCUT2D eigenvalue weighted by atomic mass is 79.9. The Kier molecular flexibility index (Phi) is 4.18. The van der Waals surface area contributed by atoms with Gasteiger partial charge in [-0.05, 0) is 37.1 Å². The van der Waals surface area contributed by atoms with Crippen LogP contribution >= 0.6 is 15.9 Å². The van der Waals surface area contributed by atoms with Gasteiger partial charge in [-0.15, -0.1) is 0 Å². The number of hydrogen-bond acceptors (Lipinski definition) is 2. The van der Waals surface area contributed by atoms with Crippen LogP contribution in [0, 0.1) is 0 Å². The Hall–Kier alpha value is -0.870. The Balaban J connectivity index is 2.05. The number of halogens is 1. The number of likely N-dealkylation sites (tertiary alicyclic amines) is 1. The molecule has 0 unspecified atom stereocenters. The van der Waals surface area contributed by atoms with Crippen LogP contribution in [0.4, 0.5) is 0 Å². The maximum Gasteiger partial charge on any atom is 0.320 e. The Morgan fingerprint density at radius 1 is 1.35 bits per heavy atom. The molecule has 1 fully saturated rings. The fourth-order valence-electron chi connectivity index (χ4n) is 2.28. The topological polar surface area (TPSA) is 40.5 Å². The van der Waals surface area contributed by atoms with E-state index in [-0.39, 0.29) is 6.04 Å². The zero-order valence-electron chi connectivity index (χ0n) is 9.60. The normalized spacial score (nSPS) is 21.4. The van der Waals surface area contributed by atoms with Gasteiger partial charge >= 0.3 is 5.97 Å². The molecule has 3 nitrogen and oxygen atoms in total. The molecule has 1 heterocycles. The fraction of sp³-hybridized carbons (Fsp3) is 0.462. The van der Waals surface area contributed by atoms with E-state index in [4.69, 9.17) is 0 Å². The molecule has 1 atom stereocenters. The molecule has 4 heteroatoms. The SMILES string of the molecule is O=C(O)[C@H]1CCCCN1Cc1ccc(Br)cc1. The van der Waals surface area contributed by atoms with Gasteiger partial charge in [-0.3, -0.25) is 9.69 Å². The van der Waals surface area contributed by atoms with E-state index in [2.05, 4.69) is 20.8 Å². The molecule has 0 spiro atoms. The number of carbonyl (C=O) groups is 1. The van der Waals surface area contributed by atoms with Crippen molar-refractivity contribution in [3.63, 3.8) is 0 Å². The number of carboxylic acids is 1. The van der Waals surface area contributed by atoms with Crippen LogP contribution < -0.4 is 0 Å². The van der Waals surface area contributed by atoms with Crippen LogP contribution in [-0.2, 0) is 11.3 Å². The first-order valence-corrected chi connectivity index (χ1v) is 6.67. The lowest BCUT2D eigenvalue weighted by molar-refractivity contribution is -0.144. The number of aliphatic carboxylic acids is 1. The van der Waals surface area contributed by atoms with E-state index in [9.17, 15) is 9.90 Å². The summed E-state index contributed by atoms with van der Waals surface area (Å²) < 4.78 is 1.05. The van der Waals surface area contributed by atoms with Crippen molar-refractivity contribution in [2.45, 2.75) is 31.8 Å². The van der Waals surface area contributed by atoms with Crippen molar-refractivity contribution < 1.29 is 9.90 Å². The lowest BCUT2D eigenvalue weighted by Crippen LogP contribution is -2.43. The molecule has 92 valence electrons. The highest BCUT2D eigenvalue weighted by molar-refractivity contribution is 9.10. The van der Waals surface area contributed by atoms with Crippen molar-refractivity contribution in [2.75, 3.05) is 6.54 Å². The minimum atomic E-state index is -0.693. The molecule has 17 heavy (non-hydrogen) atoms. The predicted molar refractivity (Wildman–Crippen MR) is 69.8 cm³/mol. The number of carboxylic acid groups (broad SMARTS) is 1. The zero-order chi connectivity index (χ0) is 12.3. The van der Waals surface area contributed by atoms with Crippen LogP contribution in [0.1, 0.15) is 24.8 Å². The smallest absolute Gasteiger partial charge is 0.320 e. The summed E-state index contributed by atoms with van der Waals surface area (Å²) in [6.07, 6.45) is 2.89. The summed E-state index contributed by atoms with van der Waals surface area (Å²) in [6, 6.07) is 7.76. The number of nitrogens with zero attached hydrogens (tertiary/aromatic N) is 1. The van der Waals surface area contributed by atoms with E-state index < -0.39 is 5.97 Å². The lowest BCUT2D eigenvalue weighted by atomic mass is 10.0. The minimum absolute atomic E-state index is 0.313. The standard InChI is InChI=1S/C13H16BrNO2/c14-11-6-4-10(5-7-11)9-15-8-2-1-3-12(15)13(16)17/h4-7,12H,1-3,8-9H2,(H,16,17)/t12-/m1/s1. The number of hydrogen-bond donors (Lipinski definition) is 1. The Bertz CT molecular complexity index is 391. The molecule has 1 aromatic rings. The molecule has 1 aliphatic rings. The second kappa shape index (κ2) is 5.65. The van der Waals surface area contributed by atoms with Gasteiger partial charge in [-0.1, -0.05) is 34.5 Å². The van der Waals surface area contributed by atoms with Crippen molar-refractivity contribution in [1.29, 1.82) is 0 Å². The highest BCUT2D eigenvalue weighted by Gasteiger charge is 2.27. The quantitative estimate of drug-likeness (QED) is 0.933. The number of benzene rings is 1. The van der Waals surface area contributed by atoms with Crippen LogP contribution in [0.3, 0.4) is 0 Å². The molecule has 1 N–H and O–H groups in total. The monoisotopic (exact) mass is 297 g/mol. The van der Waals surface area contributed by atoms with Gasteiger partial charge in [-0.2, -0.15) is 0 Å². The van der Waals surface area contributed by atoms with Gasteiger partial charge in [0.05, 0.1) is 0 Å². The second-order valence-corrected chi connectivity index (χ2v) is 5.36. The first-order chi connectivity index (χ1) is 8.16. The Labute approximate surface area is 110 Å². The third-order valence-corrected chi connectivity index (χ3v) is 3.73. The summed E-state index contributed by atoms with van der Waals surface area (Å²) in [6.45, 7) is 1.61. The largest absolute Gasteiger partial charge is 0.480 e. The maximum atomic E-state index is 11.2.